The van der Waals surface area contributed by atoms with Crippen molar-refractivity contribution in [1.29, 1.82) is 0 Å². The number of rotatable bonds is 6. The molecule has 0 bridgehead atoms. The molecule has 0 spiro atoms. The van der Waals surface area contributed by atoms with Gasteiger partial charge in [0.25, 0.3) is 0 Å². The summed E-state index contributed by atoms with van der Waals surface area (Å²) >= 11 is 0. The van der Waals surface area contributed by atoms with E-state index in [1.165, 1.54) is 89.2 Å². The van der Waals surface area contributed by atoms with Crippen LogP contribution in [0.3, 0.4) is 0 Å². The molecule has 6 aromatic carbocycles. The largest absolute Gasteiger partial charge is 0.313 e. The van der Waals surface area contributed by atoms with Gasteiger partial charge in [-0.05, 0) is 143 Å². The van der Waals surface area contributed by atoms with E-state index in [2.05, 4.69) is 195 Å². The summed E-state index contributed by atoms with van der Waals surface area (Å²) < 4.78 is 2.52. The fraction of sp³-hybridized carbons (Fsp3) is 0.154. The molecule has 3 aliphatic carbocycles. The molecule has 0 radical (unpaired) electrons. The van der Waals surface area contributed by atoms with E-state index in [4.69, 9.17) is 0 Å². The van der Waals surface area contributed by atoms with E-state index in [0.717, 1.165) is 30.6 Å². The van der Waals surface area contributed by atoms with E-state index in [1.807, 2.05) is 0 Å². The zero-order valence-corrected chi connectivity index (χ0v) is 31.5. The third-order valence-electron chi connectivity index (χ3n) is 12.1. The first kappa shape index (κ1) is 32.5. The standard InChI is InChI=1S/C52H44N2/c1-34-17-18-35(2)51(31-34)54-49-16-9-8-13-45(49)46-32-39(23-30-50(46)54)38-21-26-41(27-22-38)53(40-24-19-37(20-25-40)36-11-6-5-7-12-36)42-28-29-44-43-14-10-15-47(43)52(3,4)48(44)33-42/h5-8,10-14,17-33H,9,15-16H2,1-4H3. The molecule has 0 fully saturated rings. The van der Waals surface area contributed by atoms with E-state index in [0.29, 0.717) is 0 Å². The molecule has 2 heteroatoms. The monoisotopic (exact) mass is 696 g/mol. The van der Waals surface area contributed by atoms with Crippen molar-refractivity contribution in [3.05, 3.63) is 191 Å². The van der Waals surface area contributed by atoms with Crippen molar-refractivity contribution in [2.45, 2.75) is 52.4 Å². The quantitative estimate of drug-likeness (QED) is 0.168. The Balaban J connectivity index is 1.06. The lowest BCUT2D eigenvalue weighted by atomic mass is 9.80. The Morgan fingerprint density at radius 2 is 1.30 bits per heavy atom. The molecule has 0 aliphatic heterocycles. The third kappa shape index (κ3) is 5.16. The second-order valence-corrected chi connectivity index (χ2v) is 15.8. The van der Waals surface area contributed by atoms with Crippen LogP contribution >= 0.6 is 0 Å². The minimum Gasteiger partial charge on any atom is -0.313 e. The van der Waals surface area contributed by atoms with Crippen LogP contribution in [0.25, 0.3) is 50.5 Å². The first-order chi connectivity index (χ1) is 26.3. The number of aromatic nitrogens is 1. The second-order valence-electron chi connectivity index (χ2n) is 15.8. The Morgan fingerprint density at radius 3 is 2.06 bits per heavy atom. The van der Waals surface area contributed by atoms with Crippen molar-refractivity contribution < 1.29 is 0 Å². The van der Waals surface area contributed by atoms with E-state index in [1.54, 1.807) is 0 Å². The average molecular weight is 697 g/mol. The van der Waals surface area contributed by atoms with Crippen LogP contribution in [-0.2, 0) is 11.8 Å². The zero-order valence-electron chi connectivity index (χ0n) is 31.5. The molecule has 0 atom stereocenters. The van der Waals surface area contributed by atoms with Crippen LogP contribution in [0.5, 0.6) is 0 Å². The van der Waals surface area contributed by atoms with Crippen LogP contribution in [0, 0.1) is 13.8 Å². The number of hydrogen-bond donors (Lipinski definition) is 0. The first-order valence-corrected chi connectivity index (χ1v) is 19.4. The van der Waals surface area contributed by atoms with Gasteiger partial charge < -0.3 is 9.47 Å². The van der Waals surface area contributed by atoms with Crippen molar-refractivity contribution in [1.82, 2.24) is 4.57 Å². The lowest BCUT2D eigenvalue weighted by molar-refractivity contribution is 0.627. The van der Waals surface area contributed by atoms with Gasteiger partial charge in [0.15, 0.2) is 0 Å². The van der Waals surface area contributed by atoms with Gasteiger partial charge in [0, 0.05) is 44.8 Å². The summed E-state index contributed by atoms with van der Waals surface area (Å²) in [6.07, 6.45) is 12.5. The Bertz CT molecular complexity index is 2700. The van der Waals surface area contributed by atoms with Crippen molar-refractivity contribution in [2.24, 2.45) is 0 Å². The van der Waals surface area contributed by atoms with Gasteiger partial charge in [-0.15, -0.1) is 0 Å². The van der Waals surface area contributed by atoms with Crippen LogP contribution in [0.4, 0.5) is 17.1 Å². The molecule has 1 aromatic heterocycles. The van der Waals surface area contributed by atoms with Gasteiger partial charge in [0.1, 0.15) is 0 Å². The summed E-state index contributed by atoms with van der Waals surface area (Å²) in [5.41, 5.74) is 22.0. The molecule has 7 aromatic rings. The molecule has 1 heterocycles. The summed E-state index contributed by atoms with van der Waals surface area (Å²) in [4.78, 5) is 2.42. The number of allylic oxidation sites excluding steroid dienone is 5. The fourth-order valence-electron chi connectivity index (χ4n) is 9.26. The number of anilines is 3. The molecule has 0 saturated carbocycles. The van der Waals surface area contributed by atoms with E-state index in [-0.39, 0.29) is 5.41 Å². The van der Waals surface area contributed by atoms with Gasteiger partial charge in [-0.25, -0.2) is 0 Å². The molecule has 0 saturated heterocycles. The average Bonchev–Trinajstić information content (AvgIpc) is 3.89. The van der Waals surface area contributed by atoms with Crippen LogP contribution in [-0.4, -0.2) is 4.57 Å². The maximum Gasteiger partial charge on any atom is 0.0538 e. The number of nitrogens with zero attached hydrogens (tertiary/aromatic N) is 2. The van der Waals surface area contributed by atoms with Gasteiger partial charge >= 0.3 is 0 Å². The number of aryl methyl sites for hydroxylation is 2. The van der Waals surface area contributed by atoms with Crippen molar-refractivity contribution in [3.8, 4) is 27.9 Å². The highest BCUT2D eigenvalue weighted by Gasteiger charge is 2.38. The molecular weight excluding hydrogens is 653 g/mol. The van der Waals surface area contributed by atoms with Crippen LogP contribution < -0.4 is 4.90 Å². The Kier molecular flexibility index (Phi) is 7.52. The summed E-state index contributed by atoms with van der Waals surface area (Å²) in [7, 11) is 0. The fourth-order valence-corrected chi connectivity index (χ4v) is 9.26. The summed E-state index contributed by atoms with van der Waals surface area (Å²) in [6.45, 7) is 9.19. The zero-order chi connectivity index (χ0) is 36.6. The molecule has 0 unspecified atom stereocenters. The topological polar surface area (TPSA) is 8.17 Å². The normalized spacial score (nSPS) is 15.1. The highest BCUT2D eigenvalue weighted by molar-refractivity contribution is 5.97. The van der Waals surface area contributed by atoms with Crippen molar-refractivity contribution in [2.75, 3.05) is 4.90 Å². The lowest BCUT2D eigenvalue weighted by Gasteiger charge is -2.29. The van der Waals surface area contributed by atoms with Gasteiger partial charge in [0.2, 0.25) is 0 Å². The number of benzene rings is 6. The van der Waals surface area contributed by atoms with Gasteiger partial charge in [-0.3, -0.25) is 0 Å². The number of hydrogen-bond acceptors (Lipinski definition) is 1. The maximum absolute atomic E-state index is 2.52. The van der Waals surface area contributed by atoms with Crippen LogP contribution in [0.1, 0.15) is 60.2 Å². The molecule has 0 N–H and O–H groups in total. The van der Waals surface area contributed by atoms with Gasteiger partial charge in [0.05, 0.1) is 5.52 Å². The van der Waals surface area contributed by atoms with Crippen molar-refractivity contribution >= 4 is 39.6 Å². The predicted molar refractivity (Wildman–Crippen MR) is 229 cm³/mol. The van der Waals surface area contributed by atoms with Crippen LogP contribution in [0.15, 0.2) is 157 Å². The van der Waals surface area contributed by atoms with Gasteiger partial charge in [-0.2, -0.15) is 0 Å². The third-order valence-corrected chi connectivity index (χ3v) is 12.1. The first-order valence-electron chi connectivity index (χ1n) is 19.4. The Labute approximate surface area is 319 Å². The lowest BCUT2D eigenvalue weighted by Crippen LogP contribution is -2.18. The molecule has 10 rings (SSSR count). The Hall–Kier alpha value is -6.12. The van der Waals surface area contributed by atoms with Crippen LogP contribution in [0.2, 0.25) is 0 Å². The molecule has 0 amide bonds. The summed E-state index contributed by atoms with van der Waals surface area (Å²) in [6, 6.07) is 49.8. The molecule has 2 nitrogen and oxygen atoms in total. The molecule has 262 valence electrons. The number of fused-ring (bicyclic) bond motifs is 5. The predicted octanol–water partition coefficient (Wildman–Crippen LogP) is 14.0. The molecule has 54 heavy (non-hydrogen) atoms. The highest BCUT2D eigenvalue weighted by atomic mass is 15.1. The summed E-state index contributed by atoms with van der Waals surface area (Å²) in [5.74, 6) is 0. The minimum absolute atomic E-state index is 0.000876. The molecule has 3 aliphatic rings. The highest BCUT2D eigenvalue weighted by Crippen LogP contribution is 2.52. The summed E-state index contributed by atoms with van der Waals surface area (Å²) in [5, 5.41) is 1.32. The smallest absolute Gasteiger partial charge is 0.0538 e. The maximum atomic E-state index is 2.52. The Morgan fingerprint density at radius 1 is 0.611 bits per heavy atom. The second kappa shape index (κ2) is 12.5. The van der Waals surface area contributed by atoms with E-state index in [9.17, 15) is 0 Å². The van der Waals surface area contributed by atoms with E-state index >= 15 is 0 Å². The molecular formula is C52H44N2. The van der Waals surface area contributed by atoms with E-state index < -0.39 is 0 Å². The van der Waals surface area contributed by atoms with Crippen molar-refractivity contribution in [3.63, 3.8) is 0 Å². The SMILES string of the molecule is Cc1ccc(C)c(-n2c3c(c4cc(-c5ccc(N(c6ccc(-c7ccccc7)cc6)c6ccc7c(c6)C(C)(C)C6=C7C=CC6)cc5)ccc42)C=CCC3)c1. The minimum atomic E-state index is 0.000876. The van der Waals surface area contributed by atoms with Gasteiger partial charge in [-0.1, -0.05) is 117 Å².